The summed E-state index contributed by atoms with van der Waals surface area (Å²) < 4.78 is 24.5. The van der Waals surface area contributed by atoms with Crippen molar-refractivity contribution in [3.05, 3.63) is 75.8 Å². The number of nitrogens with zero attached hydrogens (tertiary/aromatic N) is 2. The lowest BCUT2D eigenvalue weighted by Crippen LogP contribution is -2.31. The van der Waals surface area contributed by atoms with Gasteiger partial charge in [-0.15, -0.1) is 0 Å². The van der Waals surface area contributed by atoms with E-state index in [0.717, 1.165) is 11.1 Å². The molecule has 0 fully saturated rings. The van der Waals surface area contributed by atoms with Crippen LogP contribution in [0.1, 0.15) is 27.2 Å². The van der Waals surface area contributed by atoms with Gasteiger partial charge in [0.25, 0.3) is 5.91 Å². The number of carbonyl (C=O) groups excluding carboxylic acids is 2. The maximum Gasteiger partial charge on any atom is 0.344 e. The van der Waals surface area contributed by atoms with Crippen LogP contribution in [0.5, 0.6) is 0 Å². The van der Waals surface area contributed by atoms with E-state index in [-0.39, 0.29) is 33.5 Å². The summed E-state index contributed by atoms with van der Waals surface area (Å²) in [6, 6.07) is 11.8. The van der Waals surface area contributed by atoms with Crippen LogP contribution in [0.15, 0.2) is 47.0 Å². The minimum atomic E-state index is -0.847. The number of rotatable bonds is 6. The van der Waals surface area contributed by atoms with Gasteiger partial charge < -0.3 is 14.2 Å². The average molecular weight is 431 g/mol. The fourth-order valence-electron chi connectivity index (χ4n) is 2.95. The topological polar surface area (TPSA) is 72.6 Å². The van der Waals surface area contributed by atoms with Crippen LogP contribution in [0.25, 0.3) is 11.3 Å². The van der Waals surface area contributed by atoms with Crippen molar-refractivity contribution in [2.45, 2.75) is 20.4 Å². The summed E-state index contributed by atoms with van der Waals surface area (Å²) in [4.78, 5) is 26.5. The molecule has 0 atom stereocenters. The molecule has 0 N–H and O–H groups in total. The highest BCUT2D eigenvalue weighted by atomic mass is 35.5. The third-order valence-electron chi connectivity index (χ3n) is 4.69. The second kappa shape index (κ2) is 9.09. The molecule has 0 unspecified atom stereocenters. The Morgan fingerprint density at radius 1 is 1.17 bits per heavy atom. The molecule has 3 rings (SSSR count). The number of likely N-dealkylation sites (N-methyl/N-ethyl adjacent to an activating group) is 1. The van der Waals surface area contributed by atoms with Crippen molar-refractivity contribution in [1.29, 1.82) is 0 Å². The van der Waals surface area contributed by atoms with E-state index in [1.54, 1.807) is 7.05 Å². The molecule has 1 amide bonds. The maximum atomic E-state index is 14.3. The van der Waals surface area contributed by atoms with Crippen molar-refractivity contribution in [2.75, 3.05) is 13.7 Å². The molecule has 0 aliphatic heterocycles. The van der Waals surface area contributed by atoms with Gasteiger partial charge in [-0.05, 0) is 37.1 Å². The number of ether oxygens (including phenoxy) is 1. The zero-order valence-electron chi connectivity index (χ0n) is 16.7. The number of amides is 1. The van der Waals surface area contributed by atoms with Gasteiger partial charge in [0.1, 0.15) is 22.8 Å². The number of aryl methyl sites for hydroxylation is 2. The summed E-state index contributed by atoms with van der Waals surface area (Å²) in [5, 5.41) is 3.84. The highest BCUT2D eigenvalue weighted by molar-refractivity contribution is 6.33. The maximum absolute atomic E-state index is 14.3. The van der Waals surface area contributed by atoms with E-state index >= 15 is 0 Å². The van der Waals surface area contributed by atoms with E-state index in [4.69, 9.17) is 20.9 Å². The van der Waals surface area contributed by atoms with E-state index in [2.05, 4.69) is 5.16 Å². The van der Waals surface area contributed by atoms with Crippen LogP contribution in [0.4, 0.5) is 4.39 Å². The number of hydrogen-bond donors (Lipinski definition) is 0. The van der Waals surface area contributed by atoms with Crippen molar-refractivity contribution < 1.29 is 23.2 Å². The minimum absolute atomic E-state index is 0.0639. The molecule has 8 heteroatoms. The van der Waals surface area contributed by atoms with Crippen LogP contribution in [-0.2, 0) is 16.1 Å². The van der Waals surface area contributed by atoms with Gasteiger partial charge in [0.2, 0.25) is 0 Å². The molecule has 1 aromatic heterocycles. The summed E-state index contributed by atoms with van der Waals surface area (Å²) in [6.07, 6.45) is 0. The highest BCUT2D eigenvalue weighted by Crippen LogP contribution is 2.33. The lowest BCUT2D eigenvalue weighted by molar-refractivity contribution is -0.133. The van der Waals surface area contributed by atoms with Crippen molar-refractivity contribution in [2.24, 2.45) is 0 Å². The van der Waals surface area contributed by atoms with E-state index in [9.17, 15) is 14.0 Å². The van der Waals surface area contributed by atoms with Crippen LogP contribution in [0.3, 0.4) is 0 Å². The monoisotopic (exact) mass is 430 g/mol. The molecule has 0 saturated heterocycles. The lowest BCUT2D eigenvalue weighted by atomic mass is 10.1. The first-order valence-electron chi connectivity index (χ1n) is 9.15. The first-order chi connectivity index (χ1) is 14.3. The van der Waals surface area contributed by atoms with E-state index < -0.39 is 18.4 Å². The number of aromatic nitrogens is 1. The molecule has 0 spiro atoms. The Hall–Kier alpha value is -3.19. The first kappa shape index (κ1) is 21.5. The molecule has 0 saturated carbocycles. The molecule has 30 heavy (non-hydrogen) atoms. The standard InChI is InChI=1S/C22H20ClFN2O4/c1-13-7-4-5-8-15(13)11-26(3)18(27)12-29-22(28)19-14(2)30-25-21(19)20-16(23)9-6-10-17(20)24/h4-10H,11-12H2,1-3H3. The summed E-state index contributed by atoms with van der Waals surface area (Å²) in [7, 11) is 1.62. The second-order valence-electron chi connectivity index (χ2n) is 6.81. The number of esters is 1. The van der Waals surface area contributed by atoms with Crippen molar-refractivity contribution in [3.63, 3.8) is 0 Å². The quantitative estimate of drug-likeness (QED) is 0.536. The first-order valence-corrected chi connectivity index (χ1v) is 9.53. The molecule has 3 aromatic rings. The van der Waals surface area contributed by atoms with Gasteiger partial charge in [0.15, 0.2) is 6.61 Å². The smallest absolute Gasteiger partial charge is 0.344 e. The molecule has 156 valence electrons. The highest BCUT2D eigenvalue weighted by Gasteiger charge is 2.27. The molecule has 2 aromatic carbocycles. The molecule has 1 heterocycles. The Kier molecular flexibility index (Phi) is 6.52. The predicted octanol–water partition coefficient (Wildman–Crippen LogP) is 4.57. The Morgan fingerprint density at radius 3 is 2.60 bits per heavy atom. The minimum Gasteiger partial charge on any atom is -0.452 e. The summed E-state index contributed by atoms with van der Waals surface area (Å²) in [6.45, 7) is 3.35. The van der Waals surface area contributed by atoms with E-state index in [0.29, 0.717) is 6.54 Å². The molecule has 0 aliphatic carbocycles. The Morgan fingerprint density at radius 2 is 1.90 bits per heavy atom. The van der Waals surface area contributed by atoms with Crippen LogP contribution in [0.2, 0.25) is 5.02 Å². The van der Waals surface area contributed by atoms with Gasteiger partial charge in [0, 0.05) is 13.6 Å². The molecular weight excluding hydrogens is 411 g/mol. The van der Waals surface area contributed by atoms with Gasteiger partial charge in [-0.25, -0.2) is 9.18 Å². The molecule has 0 bridgehead atoms. The molecule has 0 aliphatic rings. The summed E-state index contributed by atoms with van der Waals surface area (Å²) in [5.41, 5.74) is 1.84. The van der Waals surface area contributed by atoms with Crippen LogP contribution in [-0.4, -0.2) is 35.6 Å². The Bertz CT molecular complexity index is 1080. The van der Waals surface area contributed by atoms with Crippen LogP contribution in [0, 0.1) is 19.7 Å². The molecule has 0 radical (unpaired) electrons. The van der Waals surface area contributed by atoms with Crippen LogP contribution >= 0.6 is 11.6 Å². The fourth-order valence-corrected chi connectivity index (χ4v) is 3.20. The fraction of sp³-hybridized carbons (Fsp3) is 0.227. The van der Waals surface area contributed by atoms with Gasteiger partial charge in [-0.2, -0.15) is 0 Å². The predicted molar refractivity (Wildman–Crippen MR) is 110 cm³/mol. The van der Waals surface area contributed by atoms with Gasteiger partial charge in [-0.3, -0.25) is 4.79 Å². The number of hydrogen-bond acceptors (Lipinski definition) is 5. The number of benzene rings is 2. The molecular formula is C22H20ClFN2O4. The zero-order valence-corrected chi connectivity index (χ0v) is 17.5. The summed E-state index contributed by atoms with van der Waals surface area (Å²) in [5.74, 6) is -1.75. The third kappa shape index (κ3) is 4.52. The van der Waals surface area contributed by atoms with Gasteiger partial charge in [0.05, 0.1) is 10.6 Å². The third-order valence-corrected chi connectivity index (χ3v) is 5.00. The SMILES string of the molecule is Cc1ccccc1CN(C)C(=O)COC(=O)c1c(-c2c(F)cccc2Cl)noc1C. The number of carbonyl (C=O) groups is 2. The Balaban J connectivity index is 1.72. The average Bonchev–Trinajstić information content (AvgIpc) is 3.08. The van der Waals surface area contributed by atoms with Gasteiger partial charge >= 0.3 is 5.97 Å². The lowest BCUT2D eigenvalue weighted by Gasteiger charge is -2.18. The van der Waals surface area contributed by atoms with Crippen molar-refractivity contribution >= 4 is 23.5 Å². The largest absolute Gasteiger partial charge is 0.452 e. The Labute approximate surface area is 178 Å². The molecule has 6 nitrogen and oxygen atoms in total. The van der Waals surface area contributed by atoms with Crippen molar-refractivity contribution in [1.82, 2.24) is 10.1 Å². The second-order valence-corrected chi connectivity index (χ2v) is 7.22. The number of halogens is 2. The zero-order chi connectivity index (χ0) is 21.8. The van der Waals surface area contributed by atoms with Gasteiger partial charge in [-0.1, -0.05) is 47.1 Å². The summed E-state index contributed by atoms with van der Waals surface area (Å²) >= 11 is 6.07. The van der Waals surface area contributed by atoms with Crippen LogP contribution < -0.4 is 0 Å². The normalized spacial score (nSPS) is 10.7. The van der Waals surface area contributed by atoms with E-state index in [1.165, 1.54) is 30.0 Å². The van der Waals surface area contributed by atoms with Crippen molar-refractivity contribution in [3.8, 4) is 11.3 Å². The van der Waals surface area contributed by atoms with E-state index in [1.807, 2.05) is 31.2 Å².